The van der Waals surface area contributed by atoms with E-state index in [1.54, 1.807) is 21.1 Å². The predicted molar refractivity (Wildman–Crippen MR) is 104 cm³/mol. The molecule has 3 rings (SSSR count). The SMILES string of the molecule is CCOC(=O)N1CCN(C(=O)CSc2nnc3[nH]c(=O)cc(C(C)C)n23)CC1. The maximum absolute atomic E-state index is 12.6. The fraction of sp³-hybridized carbons (Fsp3) is 0.588. The van der Waals surface area contributed by atoms with Crippen LogP contribution in [0.3, 0.4) is 0 Å². The molecular formula is C17H24N6O4S. The molecule has 1 fully saturated rings. The summed E-state index contributed by atoms with van der Waals surface area (Å²) < 4.78 is 6.77. The summed E-state index contributed by atoms with van der Waals surface area (Å²) in [4.78, 5) is 42.1. The molecule has 10 nitrogen and oxygen atoms in total. The van der Waals surface area contributed by atoms with E-state index in [0.29, 0.717) is 43.7 Å². The van der Waals surface area contributed by atoms with E-state index < -0.39 is 0 Å². The molecule has 1 saturated heterocycles. The maximum atomic E-state index is 12.6. The minimum atomic E-state index is -0.339. The predicted octanol–water partition coefficient (Wildman–Crippen LogP) is 0.934. The van der Waals surface area contributed by atoms with Crippen LogP contribution < -0.4 is 5.56 Å². The largest absolute Gasteiger partial charge is 0.450 e. The van der Waals surface area contributed by atoms with Crippen LogP contribution in [-0.2, 0) is 9.53 Å². The van der Waals surface area contributed by atoms with Crippen molar-refractivity contribution in [3.63, 3.8) is 0 Å². The Morgan fingerprint density at radius 3 is 2.54 bits per heavy atom. The van der Waals surface area contributed by atoms with Gasteiger partial charge in [-0.05, 0) is 12.8 Å². The van der Waals surface area contributed by atoms with Crippen LogP contribution in [0.4, 0.5) is 4.79 Å². The number of nitrogens with one attached hydrogen (secondary N) is 1. The Labute approximate surface area is 166 Å². The zero-order valence-corrected chi connectivity index (χ0v) is 17.0. The number of carbonyl (C=O) groups is 2. The van der Waals surface area contributed by atoms with Crippen molar-refractivity contribution >= 4 is 29.5 Å². The molecule has 2 aromatic rings. The molecule has 0 aliphatic carbocycles. The van der Waals surface area contributed by atoms with Gasteiger partial charge in [-0.3, -0.25) is 19.0 Å². The van der Waals surface area contributed by atoms with Crippen molar-refractivity contribution < 1.29 is 14.3 Å². The number of fused-ring (bicyclic) bond motifs is 1. The Morgan fingerprint density at radius 1 is 1.21 bits per heavy atom. The van der Waals surface area contributed by atoms with Gasteiger partial charge < -0.3 is 14.5 Å². The number of rotatable bonds is 5. The van der Waals surface area contributed by atoms with Gasteiger partial charge in [0.15, 0.2) is 5.16 Å². The second kappa shape index (κ2) is 8.63. The number of hydrogen-bond acceptors (Lipinski definition) is 7. The first-order chi connectivity index (χ1) is 13.4. The lowest BCUT2D eigenvalue weighted by Gasteiger charge is -2.34. The molecule has 0 aromatic carbocycles. The molecule has 1 N–H and O–H groups in total. The van der Waals surface area contributed by atoms with E-state index >= 15 is 0 Å². The van der Waals surface area contributed by atoms with Gasteiger partial charge in [0.1, 0.15) is 0 Å². The van der Waals surface area contributed by atoms with E-state index in [1.807, 2.05) is 13.8 Å². The van der Waals surface area contributed by atoms with E-state index in [0.717, 1.165) is 5.69 Å². The second-order valence-corrected chi connectivity index (χ2v) is 7.65. The molecule has 28 heavy (non-hydrogen) atoms. The zero-order chi connectivity index (χ0) is 20.3. The van der Waals surface area contributed by atoms with Crippen LogP contribution in [0.2, 0.25) is 0 Å². The molecule has 0 atom stereocenters. The van der Waals surface area contributed by atoms with Gasteiger partial charge in [0.25, 0.3) is 5.56 Å². The zero-order valence-electron chi connectivity index (χ0n) is 16.2. The quantitative estimate of drug-likeness (QED) is 0.732. The highest BCUT2D eigenvalue weighted by molar-refractivity contribution is 7.99. The van der Waals surface area contributed by atoms with Crippen molar-refractivity contribution in [3.05, 3.63) is 22.1 Å². The van der Waals surface area contributed by atoms with E-state index in [-0.39, 0.29) is 29.2 Å². The summed E-state index contributed by atoms with van der Waals surface area (Å²) >= 11 is 1.28. The minimum absolute atomic E-state index is 0.0271. The van der Waals surface area contributed by atoms with Gasteiger partial charge in [-0.1, -0.05) is 25.6 Å². The monoisotopic (exact) mass is 408 g/mol. The molecular weight excluding hydrogens is 384 g/mol. The number of aromatic amines is 1. The summed E-state index contributed by atoms with van der Waals surface area (Å²) in [6.45, 7) is 7.94. The number of piperazine rings is 1. The summed E-state index contributed by atoms with van der Waals surface area (Å²) in [6.07, 6.45) is -0.339. The van der Waals surface area contributed by atoms with Crippen molar-refractivity contribution in [2.24, 2.45) is 0 Å². The van der Waals surface area contributed by atoms with Gasteiger partial charge in [0.05, 0.1) is 12.4 Å². The molecule has 0 radical (unpaired) electrons. The van der Waals surface area contributed by atoms with Crippen molar-refractivity contribution in [1.29, 1.82) is 0 Å². The normalized spacial score (nSPS) is 14.7. The van der Waals surface area contributed by atoms with Crippen molar-refractivity contribution in [1.82, 2.24) is 29.4 Å². The van der Waals surface area contributed by atoms with Crippen LogP contribution in [0.5, 0.6) is 0 Å². The molecule has 0 unspecified atom stereocenters. The number of aromatic nitrogens is 4. The van der Waals surface area contributed by atoms with Crippen LogP contribution in [0, 0.1) is 0 Å². The summed E-state index contributed by atoms with van der Waals surface area (Å²) in [5.74, 6) is 0.651. The third-order valence-corrected chi connectivity index (χ3v) is 5.39. The number of hydrogen-bond donors (Lipinski definition) is 1. The molecule has 1 aliphatic heterocycles. The standard InChI is InChI=1S/C17H24N6O4S/c1-4-27-17(26)22-7-5-21(6-8-22)14(25)10-28-16-20-19-15-18-13(24)9-12(11(2)3)23(15)16/h9,11H,4-8,10H2,1-3H3,(H,18,19,24). The third-order valence-electron chi connectivity index (χ3n) is 4.48. The highest BCUT2D eigenvalue weighted by atomic mass is 32.2. The molecule has 0 saturated carbocycles. The lowest BCUT2D eigenvalue weighted by atomic mass is 10.1. The van der Waals surface area contributed by atoms with Gasteiger partial charge in [-0.25, -0.2) is 4.79 Å². The number of H-pyrrole nitrogens is 1. The highest BCUT2D eigenvalue weighted by Crippen LogP contribution is 2.21. The second-order valence-electron chi connectivity index (χ2n) is 6.71. The molecule has 1 aliphatic rings. The molecule has 3 heterocycles. The summed E-state index contributed by atoms with van der Waals surface area (Å²) in [5, 5.41) is 8.69. The molecule has 0 spiro atoms. The van der Waals surface area contributed by atoms with E-state index in [4.69, 9.17) is 4.74 Å². The van der Waals surface area contributed by atoms with Crippen LogP contribution in [-0.4, -0.2) is 79.9 Å². The molecule has 11 heteroatoms. The van der Waals surface area contributed by atoms with Gasteiger partial charge in [-0.2, -0.15) is 0 Å². The molecule has 0 bridgehead atoms. The van der Waals surface area contributed by atoms with Crippen molar-refractivity contribution in [3.8, 4) is 0 Å². The van der Waals surface area contributed by atoms with E-state index in [1.165, 1.54) is 17.8 Å². The average molecular weight is 408 g/mol. The third kappa shape index (κ3) is 4.29. The van der Waals surface area contributed by atoms with Crippen LogP contribution in [0.1, 0.15) is 32.4 Å². The molecule has 152 valence electrons. The fourth-order valence-corrected chi connectivity index (χ4v) is 3.87. The topological polar surface area (TPSA) is 113 Å². The Bertz CT molecular complexity index is 916. The first kappa shape index (κ1) is 20.2. The van der Waals surface area contributed by atoms with Crippen molar-refractivity contribution in [2.75, 3.05) is 38.5 Å². The van der Waals surface area contributed by atoms with Gasteiger partial charge in [0, 0.05) is 37.9 Å². The lowest BCUT2D eigenvalue weighted by molar-refractivity contribution is -0.129. The smallest absolute Gasteiger partial charge is 0.409 e. The van der Waals surface area contributed by atoms with Crippen LogP contribution in [0.15, 0.2) is 16.0 Å². The lowest BCUT2D eigenvalue weighted by Crippen LogP contribution is -2.51. The number of thioether (sulfide) groups is 1. The fourth-order valence-electron chi connectivity index (χ4n) is 3.02. The summed E-state index contributed by atoms with van der Waals surface area (Å²) in [6, 6.07) is 1.53. The van der Waals surface area contributed by atoms with Crippen LogP contribution in [0.25, 0.3) is 5.78 Å². The van der Waals surface area contributed by atoms with E-state index in [2.05, 4.69) is 15.2 Å². The number of ether oxygens (including phenoxy) is 1. The Morgan fingerprint density at radius 2 is 1.89 bits per heavy atom. The van der Waals surface area contributed by atoms with E-state index in [9.17, 15) is 14.4 Å². The van der Waals surface area contributed by atoms with Gasteiger partial charge in [-0.15, -0.1) is 10.2 Å². The number of amides is 2. The Kier molecular flexibility index (Phi) is 6.22. The molecule has 2 amide bonds. The first-order valence-corrected chi connectivity index (χ1v) is 10.2. The van der Waals surface area contributed by atoms with Gasteiger partial charge in [0.2, 0.25) is 11.7 Å². The summed E-state index contributed by atoms with van der Waals surface area (Å²) in [5.41, 5.74) is 0.567. The minimum Gasteiger partial charge on any atom is -0.450 e. The van der Waals surface area contributed by atoms with Crippen molar-refractivity contribution in [2.45, 2.75) is 31.8 Å². The molecule has 2 aromatic heterocycles. The average Bonchev–Trinajstić information content (AvgIpc) is 3.08. The summed E-state index contributed by atoms with van der Waals surface area (Å²) in [7, 11) is 0. The Hall–Kier alpha value is -2.56. The van der Waals surface area contributed by atoms with Gasteiger partial charge >= 0.3 is 6.09 Å². The number of nitrogens with zero attached hydrogens (tertiary/aromatic N) is 5. The van der Waals surface area contributed by atoms with Crippen LogP contribution >= 0.6 is 11.8 Å². The first-order valence-electron chi connectivity index (χ1n) is 9.21. The maximum Gasteiger partial charge on any atom is 0.409 e. The Balaban J connectivity index is 1.63. The highest BCUT2D eigenvalue weighted by Gasteiger charge is 2.25. The number of carbonyl (C=O) groups excluding carboxylic acids is 2.